The number of hydrogen-bond acceptors (Lipinski definition) is 3. The van der Waals surface area contributed by atoms with Crippen molar-refractivity contribution in [1.29, 1.82) is 0 Å². The zero-order chi connectivity index (χ0) is 15.4. The highest BCUT2D eigenvalue weighted by atomic mass is 16.2. The number of piperidine rings is 2. The predicted octanol–water partition coefficient (Wildman–Crippen LogP) is 0.230. The van der Waals surface area contributed by atoms with Gasteiger partial charge in [-0.3, -0.25) is 14.4 Å². The minimum Gasteiger partial charge on any atom is -0.356 e. The first kappa shape index (κ1) is 15.8. The zero-order valence-electron chi connectivity index (χ0n) is 12.9. The Hall–Kier alpha value is -1.59. The molecule has 0 aromatic carbocycles. The number of nitrogens with zero attached hydrogens (tertiary/aromatic N) is 2. The Morgan fingerprint density at radius 3 is 2.71 bits per heavy atom. The Bertz CT molecular complexity index is 424. The summed E-state index contributed by atoms with van der Waals surface area (Å²) < 4.78 is 0. The van der Waals surface area contributed by atoms with E-state index in [1.54, 1.807) is 11.9 Å². The fraction of sp³-hybridized carbons (Fsp3) is 0.800. The van der Waals surface area contributed by atoms with Crippen LogP contribution in [0.1, 0.15) is 32.6 Å². The molecule has 118 valence electrons. The molecule has 1 N–H and O–H groups in total. The number of likely N-dealkylation sites (tertiary alicyclic amines) is 2. The molecule has 2 aliphatic heterocycles. The molecule has 2 aliphatic rings. The van der Waals surface area contributed by atoms with Crippen molar-refractivity contribution in [3.63, 3.8) is 0 Å². The molecule has 0 saturated carbocycles. The van der Waals surface area contributed by atoms with Crippen molar-refractivity contribution in [2.24, 2.45) is 11.8 Å². The van der Waals surface area contributed by atoms with E-state index >= 15 is 0 Å². The maximum Gasteiger partial charge on any atom is 0.226 e. The van der Waals surface area contributed by atoms with Gasteiger partial charge < -0.3 is 15.1 Å². The first-order valence-electron chi connectivity index (χ1n) is 7.74. The normalized spacial score (nSPS) is 26.7. The van der Waals surface area contributed by atoms with Crippen molar-refractivity contribution >= 4 is 17.7 Å². The average molecular weight is 295 g/mol. The summed E-state index contributed by atoms with van der Waals surface area (Å²) in [7, 11) is 1.79. The van der Waals surface area contributed by atoms with Crippen molar-refractivity contribution in [3.8, 4) is 0 Å². The van der Waals surface area contributed by atoms with Crippen LogP contribution in [0.3, 0.4) is 0 Å². The van der Waals surface area contributed by atoms with E-state index in [0.717, 1.165) is 25.8 Å². The molecule has 0 unspecified atom stereocenters. The third-order valence-corrected chi connectivity index (χ3v) is 4.48. The molecule has 0 aliphatic carbocycles. The molecule has 0 radical (unpaired) electrons. The molecule has 0 spiro atoms. The molecular weight excluding hydrogens is 270 g/mol. The second-order valence-corrected chi connectivity index (χ2v) is 6.23. The largest absolute Gasteiger partial charge is 0.356 e. The molecule has 21 heavy (non-hydrogen) atoms. The standard InChI is InChI=1S/C15H25N3O3/c1-11(19)16-9-12-4-3-6-18(10-12)15(21)13-5-7-17(2)14(20)8-13/h12-13H,3-10H2,1-2H3,(H,16,19)/t12-,13+/m0/s1. The lowest BCUT2D eigenvalue weighted by Gasteiger charge is -2.37. The van der Waals surface area contributed by atoms with Crippen molar-refractivity contribution in [3.05, 3.63) is 0 Å². The van der Waals surface area contributed by atoms with Crippen molar-refractivity contribution in [1.82, 2.24) is 15.1 Å². The number of carbonyl (C=O) groups is 3. The van der Waals surface area contributed by atoms with Gasteiger partial charge in [0.2, 0.25) is 17.7 Å². The molecule has 3 amide bonds. The van der Waals surface area contributed by atoms with E-state index in [1.165, 1.54) is 6.92 Å². The van der Waals surface area contributed by atoms with Crippen LogP contribution in [0.4, 0.5) is 0 Å². The molecule has 6 nitrogen and oxygen atoms in total. The van der Waals surface area contributed by atoms with Gasteiger partial charge in [0.05, 0.1) is 0 Å². The van der Waals surface area contributed by atoms with Gasteiger partial charge in [-0.05, 0) is 25.2 Å². The fourth-order valence-electron chi connectivity index (χ4n) is 3.13. The number of nitrogens with one attached hydrogen (secondary N) is 1. The summed E-state index contributed by atoms with van der Waals surface area (Å²) in [5.41, 5.74) is 0. The maximum atomic E-state index is 12.6. The Kier molecular flexibility index (Phi) is 5.20. The van der Waals surface area contributed by atoms with Gasteiger partial charge in [-0.2, -0.15) is 0 Å². The Morgan fingerprint density at radius 2 is 2.05 bits per heavy atom. The van der Waals surface area contributed by atoms with Crippen LogP contribution in [0.15, 0.2) is 0 Å². The van der Waals surface area contributed by atoms with E-state index in [9.17, 15) is 14.4 Å². The minimum absolute atomic E-state index is 0.0284. The molecule has 2 saturated heterocycles. The van der Waals surface area contributed by atoms with Gasteiger partial charge in [0.1, 0.15) is 0 Å². The van der Waals surface area contributed by atoms with Gasteiger partial charge in [0.25, 0.3) is 0 Å². The van der Waals surface area contributed by atoms with E-state index < -0.39 is 0 Å². The van der Waals surface area contributed by atoms with Gasteiger partial charge in [-0.15, -0.1) is 0 Å². The Labute approximate surface area is 125 Å². The third kappa shape index (κ3) is 4.19. The lowest BCUT2D eigenvalue weighted by molar-refractivity contribution is -0.145. The average Bonchev–Trinajstić information content (AvgIpc) is 2.47. The smallest absolute Gasteiger partial charge is 0.226 e. The van der Waals surface area contributed by atoms with Crippen molar-refractivity contribution in [2.45, 2.75) is 32.6 Å². The maximum absolute atomic E-state index is 12.6. The molecule has 2 rings (SSSR count). The molecular formula is C15H25N3O3. The SMILES string of the molecule is CC(=O)NC[C@@H]1CCCN(C(=O)[C@@H]2CCN(C)C(=O)C2)C1. The summed E-state index contributed by atoms with van der Waals surface area (Å²) in [6.07, 6.45) is 3.10. The highest BCUT2D eigenvalue weighted by molar-refractivity contribution is 5.87. The molecule has 0 aromatic rings. The Balaban J connectivity index is 1.87. The van der Waals surface area contributed by atoms with E-state index in [0.29, 0.717) is 32.0 Å². The van der Waals surface area contributed by atoms with E-state index in [-0.39, 0.29) is 23.6 Å². The summed E-state index contributed by atoms with van der Waals surface area (Å²) in [5.74, 6) is 0.316. The molecule has 6 heteroatoms. The number of carbonyl (C=O) groups excluding carboxylic acids is 3. The highest BCUT2D eigenvalue weighted by Crippen LogP contribution is 2.23. The first-order valence-corrected chi connectivity index (χ1v) is 7.74. The topological polar surface area (TPSA) is 69.7 Å². The zero-order valence-corrected chi connectivity index (χ0v) is 12.9. The van der Waals surface area contributed by atoms with E-state index in [1.807, 2.05) is 4.90 Å². The molecule has 0 bridgehead atoms. The first-order chi connectivity index (χ1) is 9.97. The van der Waals surface area contributed by atoms with E-state index in [4.69, 9.17) is 0 Å². The monoisotopic (exact) mass is 295 g/mol. The van der Waals surface area contributed by atoms with Gasteiger partial charge in [0, 0.05) is 52.5 Å². The van der Waals surface area contributed by atoms with Gasteiger partial charge in [0.15, 0.2) is 0 Å². The summed E-state index contributed by atoms with van der Waals surface area (Å²) in [6.45, 7) is 4.27. The predicted molar refractivity (Wildman–Crippen MR) is 78.3 cm³/mol. The lowest BCUT2D eigenvalue weighted by atomic mass is 9.92. The van der Waals surface area contributed by atoms with Crippen molar-refractivity contribution in [2.75, 3.05) is 33.2 Å². The number of hydrogen-bond donors (Lipinski definition) is 1. The van der Waals surface area contributed by atoms with Gasteiger partial charge >= 0.3 is 0 Å². The summed E-state index contributed by atoms with van der Waals surface area (Å²) >= 11 is 0. The van der Waals surface area contributed by atoms with Crippen LogP contribution in [-0.2, 0) is 14.4 Å². The van der Waals surface area contributed by atoms with Crippen LogP contribution in [0.25, 0.3) is 0 Å². The quantitative estimate of drug-likeness (QED) is 0.810. The van der Waals surface area contributed by atoms with Crippen LogP contribution in [0.5, 0.6) is 0 Å². The van der Waals surface area contributed by atoms with Crippen LogP contribution >= 0.6 is 0 Å². The van der Waals surface area contributed by atoms with Crippen LogP contribution in [0.2, 0.25) is 0 Å². The molecule has 2 heterocycles. The van der Waals surface area contributed by atoms with Crippen LogP contribution in [0, 0.1) is 11.8 Å². The molecule has 2 fully saturated rings. The third-order valence-electron chi connectivity index (χ3n) is 4.48. The minimum atomic E-state index is -0.159. The number of amides is 3. The lowest BCUT2D eigenvalue weighted by Crippen LogP contribution is -2.48. The fourth-order valence-corrected chi connectivity index (χ4v) is 3.13. The molecule has 0 aromatic heterocycles. The second-order valence-electron chi connectivity index (χ2n) is 6.23. The summed E-state index contributed by atoms with van der Waals surface area (Å²) in [6, 6.07) is 0. The van der Waals surface area contributed by atoms with Gasteiger partial charge in [-0.1, -0.05) is 0 Å². The highest BCUT2D eigenvalue weighted by Gasteiger charge is 2.33. The summed E-state index contributed by atoms with van der Waals surface area (Å²) in [5, 5.41) is 2.83. The second kappa shape index (κ2) is 6.91. The van der Waals surface area contributed by atoms with E-state index in [2.05, 4.69) is 5.32 Å². The molecule has 2 atom stereocenters. The van der Waals surface area contributed by atoms with Crippen LogP contribution in [-0.4, -0.2) is 60.7 Å². The van der Waals surface area contributed by atoms with Crippen molar-refractivity contribution < 1.29 is 14.4 Å². The van der Waals surface area contributed by atoms with Gasteiger partial charge in [-0.25, -0.2) is 0 Å². The Morgan fingerprint density at radius 1 is 1.29 bits per heavy atom. The number of rotatable bonds is 3. The van der Waals surface area contributed by atoms with Crippen LogP contribution < -0.4 is 5.32 Å². The summed E-state index contributed by atoms with van der Waals surface area (Å²) in [4.78, 5) is 38.9.